The minimum atomic E-state index is -0.465. The monoisotopic (exact) mass is 549 g/mol. The molecule has 12 nitrogen and oxygen atoms in total. The zero-order chi connectivity index (χ0) is 28.3. The third kappa shape index (κ3) is 5.28. The lowest BCUT2D eigenvalue weighted by molar-refractivity contribution is 0.276. The van der Waals surface area contributed by atoms with Crippen LogP contribution in [0.2, 0.25) is 0 Å². The van der Waals surface area contributed by atoms with E-state index in [4.69, 9.17) is 9.40 Å². The number of aromatic nitrogens is 7. The Kier molecular flexibility index (Phi) is 6.96. The zero-order valence-corrected chi connectivity index (χ0v) is 22.3. The Morgan fingerprint density at radius 2 is 1.80 bits per heavy atom. The van der Waals surface area contributed by atoms with Gasteiger partial charge < -0.3 is 20.2 Å². The van der Waals surface area contributed by atoms with Crippen molar-refractivity contribution in [1.29, 1.82) is 0 Å². The molecule has 12 heteroatoms. The van der Waals surface area contributed by atoms with Crippen molar-refractivity contribution in [1.82, 2.24) is 34.9 Å². The first kappa shape index (κ1) is 25.9. The number of fused-ring (bicyclic) bond motifs is 1. The van der Waals surface area contributed by atoms with E-state index in [0.29, 0.717) is 34.1 Å². The maximum absolute atomic E-state index is 12.4. The van der Waals surface area contributed by atoms with E-state index in [0.717, 1.165) is 11.1 Å². The van der Waals surface area contributed by atoms with Crippen LogP contribution in [0.3, 0.4) is 0 Å². The van der Waals surface area contributed by atoms with E-state index in [-0.39, 0.29) is 30.0 Å². The van der Waals surface area contributed by atoms with Crippen molar-refractivity contribution in [3.05, 3.63) is 95.0 Å². The Morgan fingerprint density at radius 1 is 1.00 bits per heavy atom. The van der Waals surface area contributed by atoms with E-state index >= 15 is 0 Å². The maximum Gasteiger partial charge on any atom is 0.271 e. The lowest BCUT2D eigenvalue weighted by Gasteiger charge is -2.19. The molecule has 0 bridgehead atoms. The number of aromatic amines is 1. The summed E-state index contributed by atoms with van der Waals surface area (Å²) in [6.07, 6.45) is 3.22. The number of nitrogens with one attached hydrogen (secondary N) is 3. The van der Waals surface area contributed by atoms with Gasteiger partial charge >= 0.3 is 0 Å². The molecular weight excluding hydrogens is 522 g/mol. The maximum atomic E-state index is 12.4. The van der Waals surface area contributed by atoms with Crippen LogP contribution >= 0.6 is 0 Å². The summed E-state index contributed by atoms with van der Waals surface area (Å²) in [5.74, 6) is 1.12. The molecule has 0 spiro atoms. The molecule has 6 aromatic rings. The Morgan fingerprint density at radius 3 is 2.56 bits per heavy atom. The molecule has 206 valence electrons. The SMILES string of the molecule is CC(C)n1[nH]c(=O)c2ccc(Nc3ncc(-c4nnc(-c5ccccn5)o4)c(N[C@H](CO)c4ccccc4)n3)cc21. The van der Waals surface area contributed by atoms with Gasteiger partial charge in [-0.25, -0.2) is 4.98 Å². The van der Waals surface area contributed by atoms with Gasteiger partial charge in [0.15, 0.2) is 0 Å². The van der Waals surface area contributed by atoms with Gasteiger partial charge in [-0.3, -0.25) is 19.6 Å². The van der Waals surface area contributed by atoms with Gasteiger partial charge in [0.1, 0.15) is 11.5 Å². The van der Waals surface area contributed by atoms with Crippen LogP contribution in [0.4, 0.5) is 17.5 Å². The van der Waals surface area contributed by atoms with Crippen molar-refractivity contribution < 1.29 is 9.52 Å². The van der Waals surface area contributed by atoms with E-state index in [1.54, 1.807) is 36.7 Å². The molecule has 0 amide bonds. The molecule has 0 aliphatic heterocycles. The zero-order valence-electron chi connectivity index (χ0n) is 22.3. The van der Waals surface area contributed by atoms with Gasteiger partial charge in [-0.05, 0) is 49.7 Å². The smallest absolute Gasteiger partial charge is 0.271 e. The molecule has 4 heterocycles. The Labute approximate surface area is 234 Å². The second kappa shape index (κ2) is 11.0. The topological polar surface area (TPSA) is 160 Å². The van der Waals surface area contributed by atoms with Gasteiger partial charge in [0.05, 0.1) is 29.1 Å². The molecule has 6 rings (SSSR count). The highest BCUT2D eigenvalue weighted by molar-refractivity contribution is 5.83. The van der Waals surface area contributed by atoms with Crippen LogP contribution in [0.25, 0.3) is 33.9 Å². The quantitative estimate of drug-likeness (QED) is 0.199. The summed E-state index contributed by atoms with van der Waals surface area (Å²) in [4.78, 5) is 25.8. The fraction of sp³-hybridized carbons (Fsp3) is 0.172. The number of pyridine rings is 1. The van der Waals surface area contributed by atoms with Crippen LogP contribution in [-0.2, 0) is 0 Å². The molecular formula is C29H27N9O3. The predicted molar refractivity (Wildman–Crippen MR) is 155 cm³/mol. The highest BCUT2D eigenvalue weighted by Crippen LogP contribution is 2.31. The highest BCUT2D eigenvalue weighted by atomic mass is 16.4. The Hall–Kier alpha value is -5.36. The standard InChI is InChI=1S/C29H27N9O3/c1-17(2)38-24-14-19(11-12-20(24)26(40)37-38)32-29-31-15-21(27-35-36-28(41-27)22-10-6-7-13-30-22)25(34-29)33-23(16-39)18-8-4-3-5-9-18/h3-15,17,23,39H,16H2,1-2H3,(H,37,40)(H2,31,32,33,34)/t23-/m1/s1. The summed E-state index contributed by atoms with van der Waals surface area (Å²) in [7, 11) is 0. The van der Waals surface area contributed by atoms with E-state index in [1.165, 1.54) is 0 Å². The molecule has 0 aliphatic carbocycles. The minimum Gasteiger partial charge on any atom is -0.414 e. The molecule has 1 atom stereocenters. The summed E-state index contributed by atoms with van der Waals surface area (Å²) in [6, 6.07) is 20.0. The molecule has 0 fully saturated rings. The molecule has 4 N–H and O–H groups in total. The molecule has 0 unspecified atom stereocenters. The second-order valence-electron chi connectivity index (χ2n) is 9.64. The fourth-order valence-electron chi connectivity index (χ4n) is 4.49. The summed E-state index contributed by atoms with van der Waals surface area (Å²) in [6.45, 7) is 3.81. The van der Waals surface area contributed by atoms with E-state index in [1.807, 2.05) is 61.0 Å². The number of anilines is 3. The van der Waals surface area contributed by atoms with Gasteiger partial charge in [0.2, 0.25) is 5.95 Å². The van der Waals surface area contributed by atoms with Crippen LogP contribution in [0.5, 0.6) is 0 Å². The van der Waals surface area contributed by atoms with E-state index < -0.39 is 6.04 Å². The first-order valence-corrected chi connectivity index (χ1v) is 13.1. The van der Waals surface area contributed by atoms with Crippen molar-refractivity contribution in [2.75, 3.05) is 17.2 Å². The van der Waals surface area contributed by atoms with Crippen LogP contribution in [0.1, 0.15) is 31.5 Å². The van der Waals surface area contributed by atoms with Gasteiger partial charge in [0.25, 0.3) is 17.3 Å². The van der Waals surface area contributed by atoms with E-state index in [2.05, 4.69) is 35.9 Å². The number of rotatable bonds is 9. The number of aliphatic hydroxyl groups is 1. The number of aliphatic hydroxyl groups excluding tert-OH is 1. The lowest BCUT2D eigenvalue weighted by Crippen LogP contribution is -2.17. The van der Waals surface area contributed by atoms with Gasteiger partial charge in [-0.15, -0.1) is 10.2 Å². The average molecular weight is 550 g/mol. The lowest BCUT2D eigenvalue weighted by atomic mass is 10.1. The van der Waals surface area contributed by atoms with Gasteiger partial charge in [-0.2, -0.15) is 4.98 Å². The molecule has 0 radical (unpaired) electrons. The molecule has 0 saturated heterocycles. The van der Waals surface area contributed by atoms with Crippen molar-refractivity contribution in [2.45, 2.75) is 25.9 Å². The van der Waals surface area contributed by atoms with E-state index in [9.17, 15) is 9.90 Å². The average Bonchev–Trinajstić information content (AvgIpc) is 3.62. The Balaban J connectivity index is 1.38. The summed E-state index contributed by atoms with van der Waals surface area (Å²) in [5, 5.41) is 28.6. The fourth-order valence-corrected chi connectivity index (χ4v) is 4.49. The number of H-pyrrole nitrogens is 1. The number of nitrogens with zero attached hydrogens (tertiary/aromatic N) is 6. The van der Waals surface area contributed by atoms with Crippen LogP contribution in [0, 0.1) is 0 Å². The summed E-state index contributed by atoms with van der Waals surface area (Å²) >= 11 is 0. The first-order chi connectivity index (χ1) is 20.0. The third-order valence-electron chi connectivity index (χ3n) is 6.52. The van der Waals surface area contributed by atoms with Crippen molar-refractivity contribution in [3.8, 4) is 23.0 Å². The second-order valence-corrected chi connectivity index (χ2v) is 9.64. The third-order valence-corrected chi connectivity index (χ3v) is 6.52. The largest absolute Gasteiger partial charge is 0.414 e. The molecule has 2 aromatic carbocycles. The Bertz CT molecular complexity index is 1850. The van der Waals surface area contributed by atoms with Crippen molar-refractivity contribution >= 4 is 28.4 Å². The number of hydrogen-bond donors (Lipinski definition) is 4. The van der Waals surface area contributed by atoms with Gasteiger partial charge in [0, 0.05) is 24.1 Å². The predicted octanol–water partition coefficient (Wildman–Crippen LogP) is 4.70. The molecule has 0 aliphatic rings. The summed E-state index contributed by atoms with van der Waals surface area (Å²) < 4.78 is 7.76. The molecule has 0 saturated carbocycles. The highest BCUT2D eigenvalue weighted by Gasteiger charge is 2.21. The molecule has 41 heavy (non-hydrogen) atoms. The van der Waals surface area contributed by atoms with Crippen molar-refractivity contribution in [3.63, 3.8) is 0 Å². The molecule has 4 aromatic heterocycles. The van der Waals surface area contributed by atoms with Gasteiger partial charge in [-0.1, -0.05) is 36.4 Å². The van der Waals surface area contributed by atoms with Crippen LogP contribution in [-0.4, -0.2) is 46.6 Å². The first-order valence-electron chi connectivity index (χ1n) is 13.1. The minimum absolute atomic E-state index is 0.0700. The summed E-state index contributed by atoms with van der Waals surface area (Å²) in [5.41, 5.74) is 3.18. The van der Waals surface area contributed by atoms with Crippen molar-refractivity contribution in [2.24, 2.45) is 0 Å². The number of benzene rings is 2. The van der Waals surface area contributed by atoms with Crippen LogP contribution in [0.15, 0.2) is 88.3 Å². The normalized spacial score (nSPS) is 12.1. The van der Waals surface area contributed by atoms with Crippen LogP contribution < -0.4 is 16.2 Å². The number of hydrogen-bond acceptors (Lipinski definition) is 10.